The molecule has 0 aliphatic carbocycles. The molecule has 0 saturated carbocycles. The first kappa shape index (κ1) is 20.6. The van der Waals surface area contributed by atoms with Crippen LogP contribution in [0.4, 0.5) is 8.78 Å². The van der Waals surface area contributed by atoms with Gasteiger partial charge in [0.2, 0.25) is 5.91 Å². The zero-order chi connectivity index (χ0) is 19.8. The molecule has 0 aliphatic rings. The number of hydrogen-bond acceptors (Lipinski definition) is 4. The van der Waals surface area contributed by atoms with Gasteiger partial charge in [0.25, 0.3) is 0 Å². The molecule has 5 nitrogen and oxygen atoms in total. The van der Waals surface area contributed by atoms with E-state index in [1.807, 2.05) is 44.2 Å². The molecule has 1 atom stereocenters. The van der Waals surface area contributed by atoms with Gasteiger partial charge < -0.3 is 14.8 Å². The van der Waals surface area contributed by atoms with Crippen LogP contribution in [0.2, 0.25) is 0 Å². The maximum Gasteiger partial charge on any atom is 0.387 e. The Kier molecular flexibility index (Phi) is 7.55. The molecule has 2 N–H and O–H groups in total. The van der Waals surface area contributed by atoms with Crippen molar-refractivity contribution in [3.8, 4) is 11.5 Å². The van der Waals surface area contributed by atoms with Crippen LogP contribution < -0.4 is 20.1 Å². The van der Waals surface area contributed by atoms with Gasteiger partial charge in [-0.1, -0.05) is 36.4 Å². The maximum atomic E-state index is 12.6. The van der Waals surface area contributed by atoms with Gasteiger partial charge in [0.15, 0.2) is 11.5 Å². The molecule has 0 spiro atoms. The SMILES string of the molecule is COc1ccc(CN[C@H](C(=O)NC(C)C)c2ccccc2)cc1OC(F)F. The highest BCUT2D eigenvalue weighted by Gasteiger charge is 2.21. The van der Waals surface area contributed by atoms with Crippen molar-refractivity contribution in [3.05, 3.63) is 59.7 Å². The number of nitrogens with one attached hydrogen (secondary N) is 2. The van der Waals surface area contributed by atoms with Crippen LogP contribution in [0, 0.1) is 0 Å². The first-order valence-corrected chi connectivity index (χ1v) is 8.61. The summed E-state index contributed by atoms with van der Waals surface area (Å²) < 4.78 is 34.7. The van der Waals surface area contributed by atoms with Gasteiger partial charge in [-0.05, 0) is 37.1 Å². The Morgan fingerprint density at radius 3 is 2.37 bits per heavy atom. The Balaban J connectivity index is 2.17. The average molecular weight is 378 g/mol. The van der Waals surface area contributed by atoms with Gasteiger partial charge in [-0.15, -0.1) is 0 Å². The molecule has 146 valence electrons. The van der Waals surface area contributed by atoms with E-state index < -0.39 is 12.7 Å². The van der Waals surface area contributed by atoms with E-state index in [9.17, 15) is 13.6 Å². The van der Waals surface area contributed by atoms with Crippen molar-refractivity contribution in [3.63, 3.8) is 0 Å². The molecule has 2 aromatic carbocycles. The fraction of sp³-hybridized carbons (Fsp3) is 0.350. The van der Waals surface area contributed by atoms with Crippen LogP contribution in [0.1, 0.15) is 31.0 Å². The third-order valence-corrected chi connectivity index (χ3v) is 3.78. The number of rotatable bonds is 9. The second kappa shape index (κ2) is 9.87. The second-order valence-corrected chi connectivity index (χ2v) is 6.25. The average Bonchev–Trinajstić information content (AvgIpc) is 2.62. The van der Waals surface area contributed by atoms with E-state index in [1.165, 1.54) is 13.2 Å². The highest BCUT2D eigenvalue weighted by atomic mass is 19.3. The van der Waals surface area contributed by atoms with Crippen LogP contribution >= 0.6 is 0 Å². The largest absolute Gasteiger partial charge is 0.493 e. The van der Waals surface area contributed by atoms with E-state index in [0.29, 0.717) is 5.56 Å². The molecule has 0 saturated heterocycles. The fourth-order valence-electron chi connectivity index (χ4n) is 2.61. The van der Waals surface area contributed by atoms with Crippen LogP contribution in [0.5, 0.6) is 11.5 Å². The minimum absolute atomic E-state index is 0.00227. The Bertz CT molecular complexity index is 739. The van der Waals surface area contributed by atoms with Gasteiger partial charge in [-0.25, -0.2) is 0 Å². The fourth-order valence-corrected chi connectivity index (χ4v) is 2.61. The normalized spacial score (nSPS) is 12.1. The summed E-state index contributed by atoms with van der Waals surface area (Å²) >= 11 is 0. The first-order chi connectivity index (χ1) is 12.9. The lowest BCUT2D eigenvalue weighted by molar-refractivity contribution is -0.123. The van der Waals surface area contributed by atoms with Crippen molar-refractivity contribution in [2.75, 3.05) is 7.11 Å². The maximum absolute atomic E-state index is 12.6. The van der Waals surface area contributed by atoms with Crippen molar-refractivity contribution >= 4 is 5.91 Å². The number of amides is 1. The standard InChI is InChI=1S/C20H24F2N2O3/c1-13(2)24-19(25)18(15-7-5-4-6-8-15)23-12-14-9-10-16(26-3)17(11-14)27-20(21)22/h4-11,13,18,20,23H,12H2,1-3H3,(H,24,25)/t18-/m0/s1. The summed E-state index contributed by atoms with van der Waals surface area (Å²) in [5.41, 5.74) is 1.50. The molecule has 0 aliphatic heterocycles. The van der Waals surface area contributed by atoms with Gasteiger partial charge >= 0.3 is 6.61 Å². The van der Waals surface area contributed by atoms with E-state index in [0.717, 1.165) is 5.56 Å². The molecule has 0 radical (unpaired) electrons. The van der Waals surface area contributed by atoms with E-state index in [-0.39, 0.29) is 30.0 Å². The summed E-state index contributed by atoms with van der Waals surface area (Å²) in [4.78, 5) is 12.6. The van der Waals surface area contributed by atoms with Gasteiger partial charge in [-0.2, -0.15) is 8.78 Å². The Labute approximate surface area is 157 Å². The Hall–Kier alpha value is -2.67. The van der Waals surface area contributed by atoms with Gasteiger partial charge in [-0.3, -0.25) is 10.1 Å². The first-order valence-electron chi connectivity index (χ1n) is 8.61. The quantitative estimate of drug-likeness (QED) is 0.699. The minimum Gasteiger partial charge on any atom is -0.493 e. The summed E-state index contributed by atoms with van der Waals surface area (Å²) in [6.07, 6.45) is 0. The van der Waals surface area contributed by atoms with Gasteiger partial charge in [0.05, 0.1) is 7.11 Å². The molecule has 0 unspecified atom stereocenters. The molecular formula is C20H24F2N2O3. The molecule has 0 fully saturated rings. The van der Waals surface area contributed by atoms with Crippen molar-refractivity contribution in [1.29, 1.82) is 0 Å². The minimum atomic E-state index is -2.95. The van der Waals surface area contributed by atoms with Gasteiger partial charge in [0.1, 0.15) is 6.04 Å². The second-order valence-electron chi connectivity index (χ2n) is 6.25. The number of methoxy groups -OCH3 is 1. The van der Waals surface area contributed by atoms with E-state index in [2.05, 4.69) is 15.4 Å². The molecule has 0 aromatic heterocycles. The Morgan fingerprint density at radius 1 is 1.07 bits per heavy atom. The van der Waals surface area contributed by atoms with Crippen LogP contribution in [0.15, 0.2) is 48.5 Å². The number of halogens is 2. The Morgan fingerprint density at radius 2 is 1.78 bits per heavy atom. The van der Waals surface area contributed by atoms with Crippen LogP contribution in [0.25, 0.3) is 0 Å². The van der Waals surface area contributed by atoms with E-state index in [4.69, 9.17) is 4.74 Å². The molecular weight excluding hydrogens is 354 g/mol. The van der Waals surface area contributed by atoms with Crippen molar-refractivity contribution in [2.24, 2.45) is 0 Å². The van der Waals surface area contributed by atoms with Crippen molar-refractivity contribution in [1.82, 2.24) is 10.6 Å². The number of alkyl halides is 2. The van der Waals surface area contributed by atoms with Crippen molar-refractivity contribution in [2.45, 2.75) is 39.1 Å². The van der Waals surface area contributed by atoms with E-state index >= 15 is 0 Å². The lowest BCUT2D eigenvalue weighted by atomic mass is 10.1. The third-order valence-electron chi connectivity index (χ3n) is 3.78. The molecule has 7 heteroatoms. The summed E-state index contributed by atoms with van der Waals surface area (Å²) in [5.74, 6) is 0.0136. The predicted octanol–water partition coefficient (Wildman–Crippen LogP) is 3.65. The van der Waals surface area contributed by atoms with Crippen LogP contribution in [-0.2, 0) is 11.3 Å². The predicted molar refractivity (Wildman–Crippen MR) is 98.9 cm³/mol. The number of hydrogen-bond donors (Lipinski definition) is 2. The zero-order valence-corrected chi connectivity index (χ0v) is 15.5. The molecule has 1 amide bonds. The number of ether oxygens (including phenoxy) is 2. The molecule has 2 rings (SSSR count). The summed E-state index contributed by atoms with van der Waals surface area (Å²) in [6, 6.07) is 13.5. The summed E-state index contributed by atoms with van der Waals surface area (Å²) in [5, 5.41) is 6.07. The molecule has 2 aromatic rings. The zero-order valence-electron chi connectivity index (χ0n) is 15.5. The summed E-state index contributed by atoms with van der Waals surface area (Å²) in [7, 11) is 1.38. The van der Waals surface area contributed by atoms with Crippen LogP contribution in [-0.4, -0.2) is 25.7 Å². The molecule has 0 bridgehead atoms. The summed E-state index contributed by atoms with van der Waals surface area (Å²) in [6.45, 7) is 1.11. The number of carbonyl (C=O) groups is 1. The smallest absolute Gasteiger partial charge is 0.387 e. The van der Waals surface area contributed by atoms with Gasteiger partial charge in [0, 0.05) is 12.6 Å². The third kappa shape index (κ3) is 6.21. The molecule has 27 heavy (non-hydrogen) atoms. The number of benzene rings is 2. The number of carbonyl (C=O) groups excluding carboxylic acids is 1. The topological polar surface area (TPSA) is 59.6 Å². The highest BCUT2D eigenvalue weighted by molar-refractivity contribution is 5.83. The molecule has 0 heterocycles. The lowest BCUT2D eigenvalue weighted by Gasteiger charge is -2.21. The van der Waals surface area contributed by atoms with Crippen molar-refractivity contribution < 1.29 is 23.0 Å². The van der Waals surface area contributed by atoms with E-state index in [1.54, 1.807) is 12.1 Å². The van der Waals surface area contributed by atoms with Crippen LogP contribution in [0.3, 0.4) is 0 Å². The monoisotopic (exact) mass is 378 g/mol. The lowest BCUT2D eigenvalue weighted by Crippen LogP contribution is -2.40. The highest BCUT2D eigenvalue weighted by Crippen LogP contribution is 2.29.